The van der Waals surface area contributed by atoms with E-state index in [9.17, 15) is 14.9 Å². The third-order valence-electron chi connectivity index (χ3n) is 4.16. The van der Waals surface area contributed by atoms with Crippen LogP contribution in [0.5, 0.6) is 5.75 Å². The molecule has 0 saturated carbocycles. The van der Waals surface area contributed by atoms with Gasteiger partial charge < -0.3 is 14.6 Å². The lowest BCUT2D eigenvalue weighted by Crippen LogP contribution is -2.17. The molecule has 1 heterocycles. The lowest BCUT2D eigenvalue weighted by atomic mass is 10.2. The molecule has 0 aliphatic rings. The molecule has 0 aliphatic heterocycles. The first-order valence-corrected chi connectivity index (χ1v) is 9.63. The predicted octanol–water partition coefficient (Wildman–Crippen LogP) is 3.21. The number of benzene rings is 2. The van der Waals surface area contributed by atoms with Crippen molar-refractivity contribution in [2.24, 2.45) is 7.05 Å². The number of amides is 1. The highest BCUT2D eigenvalue weighted by Gasteiger charge is 2.16. The van der Waals surface area contributed by atoms with E-state index in [1.807, 2.05) is 0 Å². The molecule has 150 valence electrons. The van der Waals surface area contributed by atoms with E-state index in [-0.39, 0.29) is 18.0 Å². The van der Waals surface area contributed by atoms with Gasteiger partial charge in [-0.05, 0) is 24.3 Å². The Labute approximate surface area is 171 Å². The standard InChI is InChI=1S/C19H19N5O4S/c1-23-17(11-18(25)20-14-7-9-15(28-2)10-8-14)21-22-19(23)29-12-13-5-3-4-6-16(13)24(26)27/h3-10H,11-12H2,1-2H3,(H,20,25). The molecule has 29 heavy (non-hydrogen) atoms. The van der Waals surface area contributed by atoms with Gasteiger partial charge in [0.1, 0.15) is 11.6 Å². The molecule has 3 rings (SSSR count). The highest BCUT2D eigenvalue weighted by Crippen LogP contribution is 2.27. The van der Waals surface area contributed by atoms with Crippen molar-refractivity contribution in [3.63, 3.8) is 0 Å². The molecular weight excluding hydrogens is 394 g/mol. The van der Waals surface area contributed by atoms with Crippen LogP contribution in [0, 0.1) is 10.1 Å². The number of hydrogen-bond donors (Lipinski definition) is 1. The van der Waals surface area contributed by atoms with Crippen molar-refractivity contribution in [2.45, 2.75) is 17.3 Å². The second kappa shape index (κ2) is 9.20. The fraction of sp³-hybridized carbons (Fsp3) is 0.211. The number of hydrogen-bond acceptors (Lipinski definition) is 7. The maximum atomic E-state index is 12.3. The lowest BCUT2D eigenvalue weighted by molar-refractivity contribution is -0.385. The van der Waals surface area contributed by atoms with Gasteiger partial charge in [-0.3, -0.25) is 14.9 Å². The van der Waals surface area contributed by atoms with Crippen molar-refractivity contribution >= 4 is 29.0 Å². The van der Waals surface area contributed by atoms with Crippen molar-refractivity contribution in [2.75, 3.05) is 12.4 Å². The van der Waals surface area contributed by atoms with Crippen molar-refractivity contribution in [3.05, 3.63) is 70.0 Å². The molecule has 0 radical (unpaired) electrons. The maximum absolute atomic E-state index is 12.3. The number of nitrogens with zero attached hydrogens (tertiary/aromatic N) is 4. The number of anilines is 1. The molecule has 2 aromatic carbocycles. The summed E-state index contributed by atoms with van der Waals surface area (Å²) in [7, 11) is 3.34. The molecule has 10 heteroatoms. The van der Waals surface area contributed by atoms with E-state index in [2.05, 4.69) is 15.5 Å². The van der Waals surface area contributed by atoms with Crippen LogP contribution in [0.25, 0.3) is 0 Å². The van der Waals surface area contributed by atoms with E-state index in [0.29, 0.717) is 33.7 Å². The second-order valence-corrected chi connectivity index (χ2v) is 7.03. The van der Waals surface area contributed by atoms with Crippen LogP contribution < -0.4 is 10.1 Å². The van der Waals surface area contributed by atoms with Crippen LogP contribution in [-0.4, -0.2) is 32.7 Å². The van der Waals surface area contributed by atoms with Gasteiger partial charge in [0, 0.05) is 30.1 Å². The van der Waals surface area contributed by atoms with Gasteiger partial charge in [-0.2, -0.15) is 0 Å². The highest BCUT2D eigenvalue weighted by molar-refractivity contribution is 7.98. The number of aromatic nitrogens is 3. The Balaban J connectivity index is 1.61. The number of para-hydroxylation sites is 1. The average Bonchev–Trinajstić information content (AvgIpc) is 3.06. The molecule has 0 bridgehead atoms. The molecule has 0 spiro atoms. The minimum absolute atomic E-state index is 0.0571. The minimum atomic E-state index is -0.401. The van der Waals surface area contributed by atoms with Gasteiger partial charge in [-0.25, -0.2) is 0 Å². The van der Waals surface area contributed by atoms with E-state index in [1.165, 1.54) is 17.8 Å². The van der Waals surface area contributed by atoms with Gasteiger partial charge in [-0.15, -0.1) is 10.2 Å². The van der Waals surface area contributed by atoms with Gasteiger partial charge >= 0.3 is 0 Å². The number of methoxy groups -OCH3 is 1. The highest BCUT2D eigenvalue weighted by atomic mass is 32.2. The van der Waals surface area contributed by atoms with E-state index < -0.39 is 4.92 Å². The second-order valence-electron chi connectivity index (χ2n) is 6.09. The Morgan fingerprint density at radius 2 is 1.93 bits per heavy atom. The Morgan fingerprint density at radius 3 is 2.62 bits per heavy atom. The third kappa shape index (κ3) is 5.11. The monoisotopic (exact) mass is 413 g/mol. The smallest absolute Gasteiger partial charge is 0.273 e. The first-order valence-electron chi connectivity index (χ1n) is 8.65. The summed E-state index contributed by atoms with van der Waals surface area (Å²) in [5.74, 6) is 1.36. The van der Waals surface area contributed by atoms with E-state index in [1.54, 1.807) is 61.2 Å². The normalized spacial score (nSPS) is 10.6. The number of nitro groups is 1. The SMILES string of the molecule is COc1ccc(NC(=O)Cc2nnc(SCc3ccccc3[N+](=O)[O-])n2C)cc1. The van der Waals surface area contributed by atoms with Gasteiger partial charge in [-0.1, -0.05) is 30.0 Å². The Hall–Kier alpha value is -3.40. The molecule has 0 fully saturated rings. The summed E-state index contributed by atoms with van der Waals surface area (Å²) in [6, 6.07) is 13.6. The van der Waals surface area contributed by atoms with E-state index >= 15 is 0 Å². The van der Waals surface area contributed by atoms with Crippen LogP contribution >= 0.6 is 11.8 Å². The van der Waals surface area contributed by atoms with Crippen LogP contribution in [0.1, 0.15) is 11.4 Å². The zero-order valence-electron chi connectivity index (χ0n) is 15.9. The molecular formula is C19H19N5O4S. The molecule has 3 aromatic rings. The lowest BCUT2D eigenvalue weighted by Gasteiger charge is -2.07. The zero-order valence-corrected chi connectivity index (χ0v) is 16.7. The Bertz CT molecular complexity index is 1020. The number of carbonyl (C=O) groups is 1. The fourth-order valence-corrected chi connectivity index (χ4v) is 3.53. The molecule has 0 atom stereocenters. The summed E-state index contributed by atoms with van der Waals surface area (Å²) in [6.07, 6.45) is 0.0571. The number of thioether (sulfide) groups is 1. The number of rotatable bonds is 8. The molecule has 1 N–H and O–H groups in total. The molecule has 1 amide bonds. The van der Waals surface area contributed by atoms with Crippen LogP contribution in [0.2, 0.25) is 0 Å². The summed E-state index contributed by atoms with van der Waals surface area (Å²) in [5, 5.41) is 22.7. The molecule has 1 aromatic heterocycles. The van der Waals surface area contributed by atoms with E-state index in [0.717, 1.165) is 0 Å². The molecule has 0 unspecified atom stereocenters. The van der Waals surface area contributed by atoms with Gasteiger partial charge in [0.2, 0.25) is 5.91 Å². The molecule has 9 nitrogen and oxygen atoms in total. The Morgan fingerprint density at radius 1 is 1.21 bits per heavy atom. The van der Waals surface area contributed by atoms with Crippen molar-refractivity contribution in [1.29, 1.82) is 0 Å². The van der Waals surface area contributed by atoms with Crippen LogP contribution in [0.4, 0.5) is 11.4 Å². The summed E-state index contributed by atoms with van der Waals surface area (Å²) in [6.45, 7) is 0. The predicted molar refractivity (Wildman–Crippen MR) is 109 cm³/mol. The molecule has 0 saturated heterocycles. The van der Waals surface area contributed by atoms with Crippen LogP contribution in [0.15, 0.2) is 53.7 Å². The van der Waals surface area contributed by atoms with Gasteiger partial charge in [0.15, 0.2) is 5.16 Å². The quantitative estimate of drug-likeness (QED) is 0.343. The number of nitrogens with one attached hydrogen (secondary N) is 1. The van der Waals surface area contributed by atoms with Crippen LogP contribution in [-0.2, 0) is 24.0 Å². The first-order chi connectivity index (χ1) is 14.0. The molecule has 0 aliphatic carbocycles. The zero-order chi connectivity index (χ0) is 20.8. The number of nitro benzene ring substituents is 1. The summed E-state index contributed by atoms with van der Waals surface area (Å²) in [5.41, 5.74) is 1.33. The number of ether oxygens (including phenoxy) is 1. The summed E-state index contributed by atoms with van der Waals surface area (Å²) >= 11 is 1.33. The fourth-order valence-electron chi connectivity index (χ4n) is 2.60. The first kappa shape index (κ1) is 20.3. The van der Waals surface area contributed by atoms with Gasteiger partial charge in [0.25, 0.3) is 5.69 Å². The minimum Gasteiger partial charge on any atom is -0.497 e. The van der Waals surface area contributed by atoms with Gasteiger partial charge in [0.05, 0.1) is 18.5 Å². The largest absolute Gasteiger partial charge is 0.497 e. The number of carbonyl (C=O) groups excluding carboxylic acids is 1. The third-order valence-corrected chi connectivity index (χ3v) is 5.23. The van der Waals surface area contributed by atoms with Crippen molar-refractivity contribution in [3.8, 4) is 5.75 Å². The van der Waals surface area contributed by atoms with Crippen molar-refractivity contribution in [1.82, 2.24) is 14.8 Å². The van der Waals surface area contributed by atoms with Crippen LogP contribution in [0.3, 0.4) is 0 Å². The summed E-state index contributed by atoms with van der Waals surface area (Å²) < 4.78 is 6.81. The topological polar surface area (TPSA) is 112 Å². The Kier molecular flexibility index (Phi) is 6.45. The average molecular weight is 413 g/mol. The summed E-state index contributed by atoms with van der Waals surface area (Å²) in [4.78, 5) is 23.0. The maximum Gasteiger partial charge on any atom is 0.273 e. The van der Waals surface area contributed by atoms with Crippen molar-refractivity contribution < 1.29 is 14.5 Å². The van der Waals surface area contributed by atoms with E-state index in [4.69, 9.17) is 4.74 Å².